The number of rotatable bonds is 9. The summed E-state index contributed by atoms with van der Waals surface area (Å²) in [4.78, 5) is 12.4. The Morgan fingerprint density at radius 1 is 1.04 bits per heavy atom. The van der Waals surface area contributed by atoms with Gasteiger partial charge in [0.25, 0.3) is 5.91 Å². The average Bonchev–Trinajstić information content (AvgIpc) is 2.66. The molecular formula is C20H25NO4. The van der Waals surface area contributed by atoms with Crippen molar-refractivity contribution in [2.45, 2.75) is 19.3 Å². The standard InChI is InChI=1S/C20H25NO4/c1-24-18-10-9-15(14-19(18)25-2)11-12-21-20(23)17-8-4-3-6-16(17)7-5-13-22/h3-4,6,8-10,14,22H,5,7,11-13H2,1-2H3,(H,21,23). The molecule has 0 heterocycles. The molecule has 0 aromatic heterocycles. The quantitative estimate of drug-likeness (QED) is 0.734. The Kier molecular flexibility index (Phi) is 7.29. The average molecular weight is 343 g/mol. The molecule has 2 aromatic rings. The van der Waals surface area contributed by atoms with Crippen LogP contribution in [-0.2, 0) is 12.8 Å². The van der Waals surface area contributed by atoms with Crippen molar-refractivity contribution in [2.75, 3.05) is 27.4 Å². The molecule has 0 saturated heterocycles. The molecular weight excluding hydrogens is 318 g/mol. The normalized spacial score (nSPS) is 10.4. The first kappa shape index (κ1) is 18.8. The van der Waals surface area contributed by atoms with Crippen LogP contribution in [0.25, 0.3) is 0 Å². The van der Waals surface area contributed by atoms with E-state index in [2.05, 4.69) is 5.32 Å². The lowest BCUT2D eigenvalue weighted by Crippen LogP contribution is -2.26. The van der Waals surface area contributed by atoms with E-state index < -0.39 is 0 Å². The van der Waals surface area contributed by atoms with Crippen LogP contribution in [0.3, 0.4) is 0 Å². The summed E-state index contributed by atoms with van der Waals surface area (Å²) in [5.74, 6) is 1.28. The van der Waals surface area contributed by atoms with E-state index in [4.69, 9.17) is 14.6 Å². The second-order valence-electron chi connectivity index (χ2n) is 5.68. The molecule has 0 bridgehead atoms. The molecule has 0 atom stereocenters. The second-order valence-corrected chi connectivity index (χ2v) is 5.68. The summed E-state index contributed by atoms with van der Waals surface area (Å²) in [6.45, 7) is 0.651. The minimum absolute atomic E-state index is 0.0889. The third-order valence-electron chi connectivity index (χ3n) is 4.01. The van der Waals surface area contributed by atoms with E-state index in [1.807, 2.05) is 42.5 Å². The van der Waals surface area contributed by atoms with E-state index in [1.54, 1.807) is 14.2 Å². The summed E-state index contributed by atoms with van der Waals surface area (Å²) in [5, 5.41) is 11.9. The fourth-order valence-corrected chi connectivity index (χ4v) is 2.68. The molecule has 0 aliphatic carbocycles. The van der Waals surface area contributed by atoms with Gasteiger partial charge < -0.3 is 19.9 Å². The Morgan fingerprint density at radius 2 is 1.80 bits per heavy atom. The Bertz CT molecular complexity index is 700. The number of methoxy groups -OCH3 is 2. The second kappa shape index (κ2) is 9.69. The van der Waals surface area contributed by atoms with Gasteiger partial charge in [-0.15, -0.1) is 0 Å². The van der Waals surface area contributed by atoms with Crippen LogP contribution in [0, 0.1) is 0 Å². The van der Waals surface area contributed by atoms with Gasteiger partial charge in [-0.2, -0.15) is 0 Å². The van der Waals surface area contributed by atoms with E-state index >= 15 is 0 Å². The summed E-state index contributed by atoms with van der Waals surface area (Å²) in [6, 6.07) is 13.2. The summed E-state index contributed by atoms with van der Waals surface area (Å²) in [6.07, 6.45) is 2.04. The summed E-state index contributed by atoms with van der Waals surface area (Å²) in [7, 11) is 3.21. The van der Waals surface area contributed by atoms with Gasteiger partial charge in [0.1, 0.15) is 0 Å². The molecule has 2 aromatic carbocycles. The maximum Gasteiger partial charge on any atom is 0.251 e. The molecule has 0 fully saturated rings. The number of aliphatic hydroxyl groups excluding tert-OH is 1. The van der Waals surface area contributed by atoms with Crippen molar-refractivity contribution in [1.82, 2.24) is 5.32 Å². The first-order valence-electron chi connectivity index (χ1n) is 8.37. The monoisotopic (exact) mass is 343 g/mol. The highest BCUT2D eigenvalue weighted by Crippen LogP contribution is 2.27. The molecule has 0 aliphatic heterocycles. The number of aliphatic hydroxyl groups is 1. The number of nitrogens with one attached hydrogen (secondary N) is 1. The van der Waals surface area contributed by atoms with E-state index in [0.29, 0.717) is 42.9 Å². The van der Waals surface area contributed by atoms with Gasteiger partial charge in [0.2, 0.25) is 0 Å². The van der Waals surface area contributed by atoms with Gasteiger partial charge >= 0.3 is 0 Å². The molecule has 2 rings (SSSR count). The zero-order chi connectivity index (χ0) is 18.1. The largest absolute Gasteiger partial charge is 0.493 e. The fourth-order valence-electron chi connectivity index (χ4n) is 2.68. The maximum atomic E-state index is 12.4. The van der Waals surface area contributed by atoms with E-state index in [-0.39, 0.29) is 12.5 Å². The lowest BCUT2D eigenvalue weighted by atomic mass is 10.0. The summed E-state index contributed by atoms with van der Waals surface area (Å²) < 4.78 is 10.5. The lowest BCUT2D eigenvalue weighted by Gasteiger charge is -2.11. The maximum absolute atomic E-state index is 12.4. The van der Waals surface area contributed by atoms with E-state index in [0.717, 1.165) is 11.1 Å². The zero-order valence-electron chi connectivity index (χ0n) is 14.7. The number of amides is 1. The Labute approximate surface area is 148 Å². The predicted molar refractivity (Wildman–Crippen MR) is 97.4 cm³/mol. The Morgan fingerprint density at radius 3 is 2.52 bits per heavy atom. The number of aryl methyl sites for hydroxylation is 1. The van der Waals surface area contributed by atoms with E-state index in [9.17, 15) is 4.79 Å². The molecule has 25 heavy (non-hydrogen) atoms. The smallest absolute Gasteiger partial charge is 0.251 e. The van der Waals surface area contributed by atoms with Crippen LogP contribution in [0.4, 0.5) is 0 Å². The highest BCUT2D eigenvalue weighted by molar-refractivity contribution is 5.95. The van der Waals surface area contributed by atoms with Crippen molar-refractivity contribution in [3.8, 4) is 11.5 Å². The fraction of sp³-hybridized carbons (Fsp3) is 0.350. The number of benzene rings is 2. The first-order valence-corrected chi connectivity index (χ1v) is 8.37. The molecule has 5 heteroatoms. The molecule has 0 radical (unpaired) electrons. The number of hydrogen-bond acceptors (Lipinski definition) is 4. The molecule has 0 saturated carbocycles. The van der Waals surface area contributed by atoms with Crippen molar-refractivity contribution in [2.24, 2.45) is 0 Å². The SMILES string of the molecule is COc1ccc(CCNC(=O)c2ccccc2CCCO)cc1OC. The van der Waals surface area contributed by atoms with Crippen molar-refractivity contribution in [3.05, 3.63) is 59.2 Å². The minimum Gasteiger partial charge on any atom is -0.493 e. The number of ether oxygens (including phenoxy) is 2. The van der Waals surface area contributed by atoms with Crippen LogP contribution in [0.2, 0.25) is 0 Å². The van der Waals surface area contributed by atoms with Crippen molar-refractivity contribution < 1.29 is 19.4 Å². The third kappa shape index (κ3) is 5.22. The molecule has 0 unspecified atom stereocenters. The Hall–Kier alpha value is -2.53. The van der Waals surface area contributed by atoms with E-state index in [1.165, 1.54) is 0 Å². The molecule has 0 aliphatic rings. The van der Waals surface area contributed by atoms with Crippen molar-refractivity contribution in [1.29, 1.82) is 0 Å². The van der Waals surface area contributed by atoms with Crippen LogP contribution in [0.5, 0.6) is 11.5 Å². The predicted octanol–water partition coefficient (Wildman–Crippen LogP) is 2.60. The van der Waals surface area contributed by atoms with Gasteiger partial charge in [-0.25, -0.2) is 0 Å². The van der Waals surface area contributed by atoms with Crippen molar-refractivity contribution >= 4 is 5.91 Å². The molecule has 5 nitrogen and oxygen atoms in total. The summed E-state index contributed by atoms with van der Waals surface area (Å²) in [5.41, 5.74) is 2.69. The van der Waals surface area contributed by atoms with Gasteiger partial charge in [-0.05, 0) is 48.6 Å². The van der Waals surface area contributed by atoms with Gasteiger partial charge in [0.05, 0.1) is 14.2 Å². The van der Waals surface area contributed by atoms with Gasteiger partial charge in [-0.3, -0.25) is 4.79 Å². The molecule has 2 N–H and O–H groups in total. The lowest BCUT2D eigenvalue weighted by molar-refractivity contribution is 0.0953. The van der Waals surface area contributed by atoms with Gasteiger partial charge in [0, 0.05) is 18.7 Å². The minimum atomic E-state index is -0.0889. The van der Waals surface area contributed by atoms with Crippen LogP contribution in [-0.4, -0.2) is 38.4 Å². The highest BCUT2D eigenvalue weighted by Gasteiger charge is 2.10. The number of hydrogen-bond donors (Lipinski definition) is 2. The van der Waals surface area contributed by atoms with Crippen LogP contribution in [0.1, 0.15) is 27.9 Å². The third-order valence-corrected chi connectivity index (χ3v) is 4.01. The Balaban J connectivity index is 1.95. The zero-order valence-corrected chi connectivity index (χ0v) is 14.7. The molecule has 1 amide bonds. The van der Waals surface area contributed by atoms with Crippen LogP contribution < -0.4 is 14.8 Å². The number of carbonyl (C=O) groups excluding carboxylic acids is 1. The first-order chi connectivity index (χ1) is 12.2. The number of carbonyl (C=O) groups is 1. The van der Waals surface area contributed by atoms with Gasteiger partial charge in [0.15, 0.2) is 11.5 Å². The van der Waals surface area contributed by atoms with Crippen LogP contribution >= 0.6 is 0 Å². The molecule has 0 spiro atoms. The van der Waals surface area contributed by atoms with Crippen LogP contribution in [0.15, 0.2) is 42.5 Å². The highest BCUT2D eigenvalue weighted by atomic mass is 16.5. The van der Waals surface area contributed by atoms with Crippen molar-refractivity contribution in [3.63, 3.8) is 0 Å². The topological polar surface area (TPSA) is 67.8 Å². The summed E-state index contributed by atoms with van der Waals surface area (Å²) >= 11 is 0. The van der Waals surface area contributed by atoms with Gasteiger partial charge in [-0.1, -0.05) is 24.3 Å². The molecule has 134 valence electrons.